The Labute approximate surface area is 70.3 Å². The second kappa shape index (κ2) is 3.21. The smallest absolute Gasteiger partial charge is 0.123 e. The van der Waals surface area contributed by atoms with E-state index in [4.69, 9.17) is 4.84 Å². The van der Waals surface area contributed by atoms with Crippen molar-refractivity contribution in [2.75, 3.05) is 6.61 Å². The predicted molar refractivity (Wildman–Crippen MR) is 42.8 cm³/mol. The number of hydroxylamine groups is 1. The fourth-order valence-electron chi connectivity index (χ4n) is 1.33. The Balaban J connectivity index is 2.17. The lowest BCUT2D eigenvalue weighted by atomic mass is 10.1. The predicted octanol–water partition coefficient (Wildman–Crippen LogP) is 1.79. The van der Waals surface area contributed by atoms with E-state index in [1.54, 1.807) is 12.1 Å². The van der Waals surface area contributed by atoms with E-state index in [1.807, 2.05) is 0 Å². The number of hydrogen-bond donors (Lipinski definition) is 1. The van der Waals surface area contributed by atoms with Gasteiger partial charge in [0.25, 0.3) is 0 Å². The van der Waals surface area contributed by atoms with Crippen LogP contribution in [0.3, 0.4) is 0 Å². The fourth-order valence-corrected chi connectivity index (χ4v) is 1.33. The minimum atomic E-state index is -0.197. The minimum Gasteiger partial charge on any atom is -0.301 e. The highest BCUT2D eigenvalue weighted by atomic mass is 19.1. The van der Waals surface area contributed by atoms with E-state index >= 15 is 0 Å². The molecular formula is C9H10FNO. The summed E-state index contributed by atoms with van der Waals surface area (Å²) in [7, 11) is 0. The summed E-state index contributed by atoms with van der Waals surface area (Å²) in [4.78, 5) is 5.00. The average molecular weight is 167 g/mol. The largest absolute Gasteiger partial charge is 0.301 e. The second-order valence-corrected chi connectivity index (χ2v) is 2.86. The third-order valence-corrected chi connectivity index (χ3v) is 2.01. The molecule has 1 saturated heterocycles. The van der Waals surface area contributed by atoms with Gasteiger partial charge in [-0.1, -0.05) is 12.1 Å². The Morgan fingerprint density at radius 2 is 2.08 bits per heavy atom. The van der Waals surface area contributed by atoms with Gasteiger partial charge < -0.3 is 4.84 Å². The zero-order chi connectivity index (χ0) is 8.39. The molecule has 1 atom stereocenters. The van der Waals surface area contributed by atoms with E-state index < -0.39 is 0 Å². The summed E-state index contributed by atoms with van der Waals surface area (Å²) in [5, 5.41) is 0. The first-order chi connectivity index (χ1) is 5.86. The highest BCUT2D eigenvalue weighted by Crippen LogP contribution is 2.20. The van der Waals surface area contributed by atoms with Gasteiger partial charge in [0.15, 0.2) is 0 Å². The first-order valence-corrected chi connectivity index (χ1v) is 3.99. The molecule has 0 aliphatic carbocycles. The number of benzene rings is 1. The van der Waals surface area contributed by atoms with Crippen molar-refractivity contribution < 1.29 is 9.23 Å². The fraction of sp³-hybridized carbons (Fsp3) is 0.333. The van der Waals surface area contributed by atoms with Crippen LogP contribution in [0.1, 0.15) is 18.0 Å². The molecule has 0 aromatic heterocycles. The molecule has 64 valence electrons. The first kappa shape index (κ1) is 7.71. The molecule has 1 aliphatic heterocycles. The number of halogens is 1. The Hall–Kier alpha value is -0.930. The molecule has 2 nitrogen and oxygen atoms in total. The highest BCUT2D eigenvalue weighted by molar-refractivity contribution is 5.19. The molecule has 2 rings (SSSR count). The van der Waals surface area contributed by atoms with E-state index in [0.717, 1.165) is 18.6 Å². The summed E-state index contributed by atoms with van der Waals surface area (Å²) in [5.74, 6) is -0.197. The standard InChI is InChI=1S/C9H10FNO/c10-8-3-1-7(2-4-8)9-5-6-12-11-9/h1-4,9,11H,5-6H2/t9-/m0/s1. The van der Waals surface area contributed by atoms with E-state index in [1.165, 1.54) is 12.1 Å². The Morgan fingerprint density at radius 1 is 1.33 bits per heavy atom. The number of nitrogens with one attached hydrogen (secondary N) is 1. The van der Waals surface area contributed by atoms with Crippen molar-refractivity contribution in [2.45, 2.75) is 12.5 Å². The van der Waals surface area contributed by atoms with Gasteiger partial charge in [-0.2, -0.15) is 5.48 Å². The lowest BCUT2D eigenvalue weighted by Gasteiger charge is -2.07. The van der Waals surface area contributed by atoms with Gasteiger partial charge in [0.1, 0.15) is 5.82 Å². The summed E-state index contributed by atoms with van der Waals surface area (Å²) in [6, 6.07) is 6.72. The van der Waals surface area contributed by atoms with Crippen molar-refractivity contribution in [3.63, 3.8) is 0 Å². The van der Waals surface area contributed by atoms with Crippen LogP contribution in [-0.2, 0) is 4.84 Å². The van der Waals surface area contributed by atoms with Gasteiger partial charge in [-0.15, -0.1) is 0 Å². The molecule has 1 aliphatic rings. The molecule has 0 unspecified atom stereocenters. The molecule has 0 amide bonds. The molecule has 3 heteroatoms. The third-order valence-electron chi connectivity index (χ3n) is 2.01. The zero-order valence-corrected chi connectivity index (χ0v) is 6.59. The monoisotopic (exact) mass is 167 g/mol. The van der Waals surface area contributed by atoms with Gasteiger partial charge >= 0.3 is 0 Å². The summed E-state index contributed by atoms with van der Waals surface area (Å²) in [6.45, 7) is 0.724. The molecule has 1 aromatic rings. The van der Waals surface area contributed by atoms with E-state index in [9.17, 15) is 4.39 Å². The van der Waals surface area contributed by atoms with Crippen molar-refractivity contribution in [3.8, 4) is 0 Å². The molecule has 0 spiro atoms. The molecule has 0 radical (unpaired) electrons. The molecular weight excluding hydrogens is 157 g/mol. The average Bonchev–Trinajstić information content (AvgIpc) is 2.58. The van der Waals surface area contributed by atoms with Crippen LogP contribution in [0.25, 0.3) is 0 Å². The Morgan fingerprint density at radius 3 is 2.67 bits per heavy atom. The molecule has 1 fully saturated rings. The Kier molecular flexibility index (Phi) is 2.06. The first-order valence-electron chi connectivity index (χ1n) is 3.99. The van der Waals surface area contributed by atoms with E-state index in [0.29, 0.717) is 0 Å². The van der Waals surface area contributed by atoms with Crippen molar-refractivity contribution in [3.05, 3.63) is 35.6 Å². The third kappa shape index (κ3) is 1.47. The zero-order valence-electron chi connectivity index (χ0n) is 6.59. The minimum absolute atomic E-state index is 0.197. The second-order valence-electron chi connectivity index (χ2n) is 2.86. The molecule has 12 heavy (non-hydrogen) atoms. The maximum Gasteiger partial charge on any atom is 0.123 e. The molecule has 1 aromatic carbocycles. The SMILES string of the molecule is Fc1ccc([C@@H]2CCON2)cc1. The lowest BCUT2D eigenvalue weighted by Crippen LogP contribution is -2.11. The van der Waals surface area contributed by atoms with E-state index in [-0.39, 0.29) is 11.9 Å². The van der Waals surface area contributed by atoms with Gasteiger partial charge in [0.2, 0.25) is 0 Å². The lowest BCUT2D eigenvalue weighted by molar-refractivity contribution is 0.0883. The van der Waals surface area contributed by atoms with Crippen LogP contribution in [0.15, 0.2) is 24.3 Å². The van der Waals surface area contributed by atoms with Crippen LogP contribution in [0.2, 0.25) is 0 Å². The van der Waals surface area contributed by atoms with Gasteiger partial charge in [-0.05, 0) is 24.1 Å². The Bertz CT molecular complexity index is 254. The van der Waals surface area contributed by atoms with Crippen molar-refractivity contribution in [1.29, 1.82) is 0 Å². The number of hydrogen-bond acceptors (Lipinski definition) is 2. The van der Waals surface area contributed by atoms with Crippen LogP contribution in [0.5, 0.6) is 0 Å². The molecule has 0 bridgehead atoms. The summed E-state index contributed by atoms with van der Waals surface area (Å²) in [6.07, 6.45) is 0.950. The van der Waals surface area contributed by atoms with Crippen LogP contribution >= 0.6 is 0 Å². The highest BCUT2D eigenvalue weighted by Gasteiger charge is 2.16. The van der Waals surface area contributed by atoms with Crippen LogP contribution in [0, 0.1) is 5.82 Å². The maximum absolute atomic E-state index is 12.5. The van der Waals surface area contributed by atoms with Crippen molar-refractivity contribution >= 4 is 0 Å². The van der Waals surface area contributed by atoms with Gasteiger partial charge in [0.05, 0.1) is 12.6 Å². The maximum atomic E-state index is 12.5. The van der Waals surface area contributed by atoms with Crippen molar-refractivity contribution in [1.82, 2.24) is 5.48 Å². The molecule has 1 N–H and O–H groups in total. The van der Waals surface area contributed by atoms with Gasteiger partial charge in [0, 0.05) is 0 Å². The summed E-state index contributed by atoms with van der Waals surface area (Å²) >= 11 is 0. The summed E-state index contributed by atoms with van der Waals surface area (Å²) in [5.41, 5.74) is 3.95. The van der Waals surface area contributed by atoms with Crippen molar-refractivity contribution in [2.24, 2.45) is 0 Å². The number of rotatable bonds is 1. The topological polar surface area (TPSA) is 21.3 Å². The molecule has 0 saturated carbocycles. The van der Waals surface area contributed by atoms with Gasteiger partial charge in [-0.25, -0.2) is 4.39 Å². The van der Waals surface area contributed by atoms with Crippen LogP contribution < -0.4 is 5.48 Å². The van der Waals surface area contributed by atoms with Gasteiger partial charge in [-0.3, -0.25) is 0 Å². The molecule has 1 heterocycles. The van der Waals surface area contributed by atoms with Crippen LogP contribution in [0.4, 0.5) is 4.39 Å². The normalized spacial score (nSPS) is 22.9. The van der Waals surface area contributed by atoms with E-state index in [2.05, 4.69) is 5.48 Å². The van der Waals surface area contributed by atoms with Crippen LogP contribution in [-0.4, -0.2) is 6.61 Å². The quantitative estimate of drug-likeness (QED) is 0.688. The summed E-state index contributed by atoms with van der Waals surface area (Å²) < 4.78 is 12.5.